The number of amides is 2. The summed E-state index contributed by atoms with van der Waals surface area (Å²) >= 11 is 5.88. The van der Waals surface area contributed by atoms with Crippen LogP contribution in [-0.4, -0.2) is 24.6 Å². The van der Waals surface area contributed by atoms with E-state index in [1.165, 1.54) is 6.21 Å². The van der Waals surface area contributed by atoms with Crippen molar-refractivity contribution in [1.82, 2.24) is 5.43 Å². The zero-order valence-corrected chi connectivity index (χ0v) is 18.1. The number of benzene rings is 3. The van der Waals surface area contributed by atoms with Gasteiger partial charge in [-0.05, 0) is 66.6 Å². The van der Waals surface area contributed by atoms with Crippen LogP contribution in [0.3, 0.4) is 0 Å². The van der Waals surface area contributed by atoms with Crippen LogP contribution >= 0.6 is 11.6 Å². The fourth-order valence-corrected chi connectivity index (χ4v) is 2.76. The molecule has 7 nitrogen and oxygen atoms in total. The van der Waals surface area contributed by atoms with Gasteiger partial charge in [0.2, 0.25) is 0 Å². The van der Waals surface area contributed by atoms with Gasteiger partial charge in [0, 0.05) is 10.7 Å². The molecular weight excluding hydrogens is 430 g/mol. The van der Waals surface area contributed by atoms with Gasteiger partial charge < -0.3 is 14.8 Å². The zero-order chi connectivity index (χ0) is 22.8. The molecule has 164 valence electrons. The second-order valence-electron chi connectivity index (χ2n) is 6.60. The minimum absolute atomic E-state index is 0.389. The summed E-state index contributed by atoms with van der Waals surface area (Å²) in [4.78, 5) is 24.0. The minimum atomic E-state index is -0.884. The van der Waals surface area contributed by atoms with Crippen LogP contribution in [0.1, 0.15) is 18.1 Å². The zero-order valence-electron chi connectivity index (χ0n) is 17.4. The number of anilines is 1. The lowest BCUT2D eigenvalue weighted by Gasteiger charge is -2.07. The highest BCUT2D eigenvalue weighted by Gasteiger charge is 2.12. The molecule has 32 heavy (non-hydrogen) atoms. The SMILES string of the molecule is CCOc1ccc(NC(=O)C(=O)N/N=C\c2cccc(OCc3ccc(Cl)cc3)c2)cc1. The number of hydrogen-bond acceptors (Lipinski definition) is 5. The maximum absolute atomic E-state index is 12.0. The maximum Gasteiger partial charge on any atom is 0.329 e. The van der Waals surface area contributed by atoms with Crippen molar-refractivity contribution in [1.29, 1.82) is 0 Å². The topological polar surface area (TPSA) is 89.0 Å². The Morgan fingerprint density at radius 1 is 0.938 bits per heavy atom. The summed E-state index contributed by atoms with van der Waals surface area (Å²) in [6, 6.07) is 21.3. The first-order chi connectivity index (χ1) is 15.5. The Morgan fingerprint density at radius 3 is 2.41 bits per heavy atom. The Kier molecular flexibility index (Phi) is 8.22. The number of nitrogens with zero attached hydrogens (tertiary/aromatic N) is 1. The Morgan fingerprint density at radius 2 is 1.69 bits per heavy atom. The van der Waals surface area contributed by atoms with Crippen LogP contribution in [0.5, 0.6) is 11.5 Å². The fourth-order valence-electron chi connectivity index (χ4n) is 2.64. The molecule has 0 unspecified atom stereocenters. The normalized spacial score (nSPS) is 10.6. The van der Waals surface area contributed by atoms with E-state index in [0.29, 0.717) is 41.0 Å². The lowest BCUT2D eigenvalue weighted by Crippen LogP contribution is -2.32. The Labute approximate surface area is 191 Å². The first-order valence-corrected chi connectivity index (χ1v) is 10.3. The molecule has 3 aromatic carbocycles. The number of carbonyl (C=O) groups excluding carboxylic acids is 2. The highest BCUT2D eigenvalue weighted by atomic mass is 35.5. The van der Waals surface area contributed by atoms with Crippen LogP contribution in [0.15, 0.2) is 77.9 Å². The van der Waals surface area contributed by atoms with Crippen molar-refractivity contribution in [3.05, 3.63) is 88.9 Å². The summed E-state index contributed by atoms with van der Waals surface area (Å²) < 4.78 is 11.1. The molecule has 0 aliphatic rings. The van der Waals surface area contributed by atoms with E-state index in [1.54, 1.807) is 54.6 Å². The molecule has 0 spiro atoms. The van der Waals surface area contributed by atoms with Gasteiger partial charge in [0.1, 0.15) is 18.1 Å². The molecule has 0 fully saturated rings. The molecule has 0 aliphatic carbocycles. The van der Waals surface area contributed by atoms with Crippen molar-refractivity contribution in [3.63, 3.8) is 0 Å². The van der Waals surface area contributed by atoms with Crippen LogP contribution in [0.25, 0.3) is 0 Å². The number of halogens is 1. The van der Waals surface area contributed by atoms with E-state index >= 15 is 0 Å². The standard InChI is InChI=1S/C24H22ClN3O4/c1-2-31-21-12-10-20(11-13-21)27-23(29)24(30)28-26-15-18-4-3-5-22(14-18)32-16-17-6-8-19(25)9-7-17/h3-15H,2,16H2,1H3,(H,27,29)(H,28,30)/b26-15-. The van der Waals surface area contributed by atoms with Gasteiger partial charge in [-0.2, -0.15) is 5.10 Å². The molecule has 0 bridgehead atoms. The third kappa shape index (κ3) is 7.14. The summed E-state index contributed by atoms with van der Waals surface area (Å²) in [5.41, 5.74) is 4.37. The number of hydrogen-bond donors (Lipinski definition) is 2. The predicted octanol–water partition coefficient (Wildman–Crippen LogP) is 4.41. The fraction of sp³-hybridized carbons (Fsp3) is 0.125. The van der Waals surface area contributed by atoms with E-state index in [0.717, 1.165) is 5.56 Å². The van der Waals surface area contributed by atoms with Crippen molar-refractivity contribution >= 4 is 35.3 Å². The Balaban J connectivity index is 1.49. The lowest BCUT2D eigenvalue weighted by molar-refractivity contribution is -0.136. The summed E-state index contributed by atoms with van der Waals surface area (Å²) in [7, 11) is 0. The molecular formula is C24H22ClN3O4. The van der Waals surface area contributed by atoms with Gasteiger partial charge in [-0.25, -0.2) is 5.43 Å². The average molecular weight is 452 g/mol. The highest BCUT2D eigenvalue weighted by Crippen LogP contribution is 2.16. The molecule has 0 heterocycles. The van der Waals surface area contributed by atoms with Crippen LogP contribution in [0.4, 0.5) is 5.69 Å². The van der Waals surface area contributed by atoms with Crippen LogP contribution < -0.4 is 20.2 Å². The van der Waals surface area contributed by atoms with Gasteiger partial charge in [-0.15, -0.1) is 0 Å². The Hall–Kier alpha value is -3.84. The Bertz CT molecular complexity index is 1080. The smallest absolute Gasteiger partial charge is 0.329 e. The van der Waals surface area contributed by atoms with Gasteiger partial charge in [-0.1, -0.05) is 35.9 Å². The largest absolute Gasteiger partial charge is 0.494 e. The number of nitrogens with one attached hydrogen (secondary N) is 2. The minimum Gasteiger partial charge on any atom is -0.494 e. The van der Waals surface area contributed by atoms with E-state index in [9.17, 15) is 9.59 Å². The van der Waals surface area contributed by atoms with Crippen molar-refractivity contribution < 1.29 is 19.1 Å². The van der Waals surface area contributed by atoms with Gasteiger partial charge in [0.15, 0.2) is 0 Å². The van der Waals surface area contributed by atoms with Gasteiger partial charge >= 0.3 is 11.8 Å². The number of rotatable bonds is 8. The van der Waals surface area contributed by atoms with Crippen molar-refractivity contribution in [2.75, 3.05) is 11.9 Å². The molecule has 3 aromatic rings. The van der Waals surface area contributed by atoms with E-state index in [2.05, 4.69) is 15.8 Å². The second-order valence-corrected chi connectivity index (χ2v) is 7.03. The number of carbonyl (C=O) groups is 2. The third-order valence-electron chi connectivity index (χ3n) is 4.19. The number of ether oxygens (including phenoxy) is 2. The lowest BCUT2D eigenvalue weighted by atomic mass is 10.2. The van der Waals surface area contributed by atoms with Crippen LogP contribution in [0.2, 0.25) is 5.02 Å². The van der Waals surface area contributed by atoms with Crippen LogP contribution in [-0.2, 0) is 16.2 Å². The molecule has 0 saturated carbocycles. The molecule has 0 aromatic heterocycles. The maximum atomic E-state index is 12.0. The molecule has 2 amide bonds. The van der Waals surface area contributed by atoms with E-state index in [4.69, 9.17) is 21.1 Å². The number of hydrazone groups is 1. The summed E-state index contributed by atoms with van der Waals surface area (Å²) in [6.07, 6.45) is 1.43. The first-order valence-electron chi connectivity index (χ1n) is 9.88. The third-order valence-corrected chi connectivity index (χ3v) is 4.44. The van der Waals surface area contributed by atoms with Gasteiger partial charge in [0.05, 0.1) is 12.8 Å². The highest BCUT2D eigenvalue weighted by molar-refractivity contribution is 6.39. The van der Waals surface area contributed by atoms with E-state index in [1.807, 2.05) is 25.1 Å². The molecule has 8 heteroatoms. The average Bonchev–Trinajstić information content (AvgIpc) is 2.80. The summed E-state index contributed by atoms with van der Waals surface area (Å²) in [5.74, 6) is -0.390. The second kappa shape index (κ2) is 11.5. The molecule has 3 rings (SSSR count). The predicted molar refractivity (Wildman–Crippen MR) is 124 cm³/mol. The van der Waals surface area contributed by atoms with Crippen molar-refractivity contribution in [2.24, 2.45) is 5.10 Å². The quantitative estimate of drug-likeness (QED) is 0.301. The monoisotopic (exact) mass is 451 g/mol. The van der Waals surface area contributed by atoms with Crippen LogP contribution in [0, 0.1) is 0 Å². The molecule has 0 atom stereocenters. The van der Waals surface area contributed by atoms with Crippen molar-refractivity contribution in [3.8, 4) is 11.5 Å². The van der Waals surface area contributed by atoms with Crippen molar-refractivity contribution in [2.45, 2.75) is 13.5 Å². The van der Waals surface area contributed by atoms with Gasteiger partial charge in [-0.3, -0.25) is 9.59 Å². The van der Waals surface area contributed by atoms with E-state index in [-0.39, 0.29) is 0 Å². The summed E-state index contributed by atoms with van der Waals surface area (Å²) in [6.45, 7) is 2.81. The first kappa shape index (κ1) is 22.8. The van der Waals surface area contributed by atoms with Gasteiger partial charge in [0.25, 0.3) is 0 Å². The molecule has 2 N–H and O–H groups in total. The molecule has 0 aliphatic heterocycles. The van der Waals surface area contributed by atoms with E-state index < -0.39 is 11.8 Å². The summed E-state index contributed by atoms with van der Waals surface area (Å²) in [5, 5.41) is 7.00. The molecule has 0 saturated heterocycles. The molecule has 0 radical (unpaired) electrons.